The van der Waals surface area contributed by atoms with E-state index in [2.05, 4.69) is 16.4 Å². The Kier molecular flexibility index (Phi) is 3.59. The monoisotopic (exact) mass is 310 g/mol. The van der Waals surface area contributed by atoms with Crippen LogP contribution in [0.15, 0.2) is 29.6 Å². The molecule has 0 atom stereocenters. The molecular formula is C13H11ClN2OS2. The van der Waals surface area contributed by atoms with E-state index in [0.29, 0.717) is 12.2 Å². The van der Waals surface area contributed by atoms with Crippen LogP contribution >= 0.6 is 34.3 Å². The van der Waals surface area contributed by atoms with Crippen LogP contribution in [0.2, 0.25) is 4.34 Å². The van der Waals surface area contributed by atoms with Gasteiger partial charge in [-0.1, -0.05) is 17.7 Å². The van der Waals surface area contributed by atoms with Gasteiger partial charge in [-0.05, 0) is 30.0 Å². The van der Waals surface area contributed by atoms with Crippen molar-refractivity contribution in [3.05, 3.63) is 44.6 Å². The number of halogens is 1. The molecule has 0 bridgehead atoms. The van der Waals surface area contributed by atoms with E-state index < -0.39 is 0 Å². The maximum atomic E-state index is 12.0. The normalized spacial score (nSPS) is 11.0. The van der Waals surface area contributed by atoms with Crippen LogP contribution in [0.4, 0.5) is 0 Å². The molecule has 3 heterocycles. The first kappa shape index (κ1) is 12.7. The van der Waals surface area contributed by atoms with Crippen LogP contribution < -0.4 is 5.32 Å². The molecule has 0 radical (unpaired) electrons. The molecule has 0 aliphatic carbocycles. The van der Waals surface area contributed by atoms with Crippen molar-refractivity contribution in [3.8, 4) is 0 Å². The second-order valence-electron chi connectivity index (χ2n) is 4.10. The summed E-state index contributed by atoms with van der Waals surface area (Å²) in [6.07, 6.45) is 0.865. The van der Waals surface area contributed by atoms with E-state index in [9.17, 15) is 4.79 Å². The lowest BCUT2D eigenvalue weighted by Gasteiger charge is -2.02. The van der Waals surface area contributed by atoms with Gasteiger partial charge in [0.25, 0.3) is 5.91 Å². The zero-order valence-electron chi connectivity index (χ0n) is 9.90. The summed E-state index contributed by atoms with van der Waals surface area (Å²) in [7, 11) is 0. The second kappa shape index (κ2) is 5.36. The number of nitrogens with one attached hydrogen (secondary N) is 2. The molecule has 0 saturated heterocycles. The minimum absolute atomic E-state index is 0.0731. The zero-order chi connectivity index (χ0) is 13.2. The number of rotatable bonds is 4. The van der Waals surface area contributed by atoms with E-state index in [4.69, 9.17) is 11.6 Å². The first-order valence-electron chi connectivity index (χ1n) is 5.81. The van der Waals surface area contributed by atoms with Gasteiger partial charge in [0.1, 0.15) is 5.69 Å². The Hall–Kier alpha value is -1.30. The molecule has 98 valence electrons. The minimum atomic E-state index is -0.0731. The quantitative estimate of drug-likeness (QED) is 0.754. The molecule has 0 aromatic carbocycles. The van der Waals surface area contributed by atoms with Crippen molar-refractivity contribution in [3.63, 3.8) is 0 Å². The Morgan fingerprint density at radius 1 is 1.42 bits per heavy atom. The van der Waals surface area contributed by atoms with Crippen LogP contribution in [0.3, 0.4) is 0 Å². The van der Waals surface area contributed by atoms with Gasteiger partial charge < -0.3 is 10.3 Å². The topological polar surface area (TPSA) is 44.9 Å². The predicted molar refractivity (Wildman–Crippen MR) is 81.5 cm³/mol. The van der Waals surface area contributed by atoms with Crippen LogP contribution in [-0.2, 0) is 6.42 Å². The molecule has 0 unspecified atom stereocenters. The van der Waals surface area contributed by atoms with Gasteiger partial charge in [0.15, 0.2) is 0 Å². The molecule has 3 nitrogen and oxygen atoms in total. The fourth-order valence-electron chi connectivity index (χ4n) is 1.86. The smallest absolute Gasteiger partial charge is 0.267 e. The van der Waals surface area contributed by atoms with Crippen LogP contribution in [-0.4, -0.2) is 17.4 Å². The van der Waals surface area contributed by atoms with Gasteiger partial charge >= 0.3 is 0 Å². The maximum Gasteiger partial charge on any atom is 0.267 e. The van der Waals surface area contributed by atoms with Gasteiger partial charge in [-0.3, -0.25) is 4.79 Å². The fourth-order valence-corrected chi connectivity index (χ4v) is 3.71. The first-order chi connectivity index (χ1) is 9.22. The molecule has 0 aliphatic heterocycles. The summed E-state index contributed by atoms with van der Waals surface area (Å²) in [5.41, 5.74) is 1.50. The molecule has 0 aliphatic rings. The van der Waals surface area contributed by atoms with Crippen molar-refractivity contribution in [2.24, 2.45) is 0 Å². The van der Waals surface area contributed by atoms with E-state index in [-0.39, 0.29) is 5.91 Å². The molecule has 2 N–H and O–H groups in total. The molecule has 0 saturated carbocycles. The third-order valence-electron chi connectivity index (χ3n) is 2.76. The third kappa shape index (κ3) is 2.83. The lowest BCUT2D eigenvalue weighted by Crippen LogP contribution is -2.25. The number of amides is 1. The molecular weight excluding hydrogens is 300 g/mol. The van der Waals surface area contributed by atoms with Crippen molar-refractivity contribution in [2.45, 2.75) is 6.42 Å². The first-order valence-corrected chi connectivity index (χ1v) is 7.88. The van der Waals surface area contributed by atoms with E-state index in [1.807, 2.05) is 23.6 Å². The van der Waals surface area contributed by atoms with Gasteiger partial charge in [0.05, 0.1) is 14.6 Å². The summed E-state index contributed by atoms with van der Waals surface area (Å²) in [5.74, 6) is -0.0731. The third-order valence-corrected chi connectivity index (χ3v) is 4.90. The highest BCUT2D eigenvalue weighted by Gasteiger charge is 2.11. The Balaban J connectivity index is 1.61. The van der Waals surface area contributed by atoms with Gasteiger partial charge in [-0.25, -0.2) is 0 Å². The number of hydrogen-bond acceptors (Lipinski definition) is 3. The maximum absolute atomic E-state index is 12.0. The van der Waals surface area contributed by atoms with Crippen molar-refractivity contribution < 1.29 is 4.79 Å². The number of carbonyl (C=O) groups is 1. The molecule has 6 heteroatoms. The Morgan fingerprint density at radius 2 is 2.32 bits per heavy atom. The van der Waals surface area contributed by atoms with Crippen LogP contribution in [0.25, 0.3) is 10.2 Å². The van der Waals surface area contributed by atoms with Crippen molar-refractivity contribution in [1.82, 2.24) is 10.3 Å². The average Bonchev–Trinajstić information content (AvgIpc) is 3.04. The molecule has 3 aromatic rings. The zero-order valence-corrected chi connectivity index (χ0v) is 12.3. The largest absolute Gasteiger partial charge is 0.350 e. The number of fused-ring (bicyclic) bond motifs is 1. The molecule has 0 fully saturated rings. The summed E-state index contributed by atoms with van der Waals surface area (Å²) >= 11 is 9.07. The van der Waals surface area contributed by atoms with Crippen LogP contribution in [0, 0.1) is 0 Å². The molecule has 1 amide bonds. The van der Waals surface area contributed by atoms with E-state index in [0.717, 1.165) is 21.0 Å². The Labute approximate surface area is 123 Å². The standard InChI is InChI=1S/C13H11ClN2OS2/c14-12-7-9-11(19-12)6-10(16-9)13(17)15-4-3-8-2-1-5-18-8/h1-2,5-7,16H,3-4H2,(H,15,17). The summed E-state index contributed by atoms with van der Waals surface area (Å²) in [6, 6.07) is 7.77. The highest BCUT2D eigenvalue weighted by atomic mass is 35.5. The second-order valence-corrected chi connectivity index (χ2v) is 6.84. The van der Waals surface area contributed by atoms with Gasteiger partial charge in [-0.2, -0.15) is 0 Å². The minimum Gasteiger partial charge on any atom is -0.350 e. The van der Waals surface area contributed by atoms with Crippen molar-refractivity contribution >= 4 is 50.4 Å². The van der Waals surface area contributed by atoms with E-state index in [1.165, 1.54) is 16.2 Å². The number of carbonyl (C=O) groups excluding carboxylic acids is 1. The highest BCUT2D eigenvalue weighted by Crippen LogP contribution is 2.29. The lowest BCUT2D eigenvalue weighted by atomic mass is 10.3. The average molecular weight is 311 g/mol. The SMILES string of the molecule is O=C(NCCc1cccs1)c1cc2sc(Cl)cc2[nH]1. The summed E-state index contributed by atoms with van der Waals surface area (Å²) < 4.78 is 1.74. The molecule has 3 aromatic heterocycles. The molecule has 0 spiro atoms. The van der Waals surface area contributed by atoms with E-state index >= 15 is 0 Å². The number of aromatic amines is 1. The van der Waals surface area contributed by atoms with Crippen molar-refractivity contribution in [1.29, 1.82) is 0 Å². The number of hydrogen-bond donors (Lipinski definition) is 2. The number of aromatic nitrogens is 1. The number of H-pyrrole nitrogens is 1. The summed E-state index contributed by atoms with van der Waals surface area (Å²) in [4.78, 5) is 16.3. The predicted octanol–water partition coefficient (Wildman–Crippen LogP) is 3.92. The van der Waals surface area contributed by atoms with E-state index in [1.54, 1.807) is 11.3 Å². The van der Waals surface area contributed by atoms with Crippen LogP contribution in [0.5, 0.6) is 0 Å². The molecule has 3 rings (SSSR count). The van der Waals surface area contributed by atoms with Crippen molar-refractivity contribution in [2.75, 3.05) is 6.54 Å². The summed E-state index contributed by atoms with van der Waals surface area (Å²) in [5, 5.41) is 4.95. The molecule has 19 heavy (non-hydrogen) atoms. The Morgan fingerprint density at radius 3 is 3.05 bits per heavy atom. The summed E-state index contributed by atoms with van der Waals surface area (Å²) in [6.45, 7) is 0.646. The van der Waals surface area contributed by atoms with Crippen LogP contribution in [0.1, 0.15) is 15.4 Å². The van der Waals surface area contributed by atoms with Gasteiger partial charge in [0, 0.05) is 11.4 Å². The lowest BCUT2D eigenvalue weighted by molar-refractivity contribution is 0.0950. The van der Waals surface area contributed by atoms with Gasteiger partial charge in [0.2, 0.25) is 0 Å². The fraction of sp³-hybridized carbons (Fsp3) is 0.154. The highest BCUT2D eigenvalue weighted by molar-refractivity contribution is 7.22. The number of thiophene rings is 2. The van der Waals surface area contributed by atoms with Gasteiger partial charge in [-0.15, -0.1) is 22.7 Å². The Bertz CT molecular complexity index is 668.